The Labute approximate surface area is 94.0 Å². The van der Waals surface area contributed by atoms with Crippen molar-refractivity contribution >= 4 is 11.8 Å². The summed E-state index contributed by atoms with van der Waals surface area (Å²) in [6.07, 6.45) is 3.69. The fraction of sp³-hybridized carbons (Fsp3) is 0.727. The Morgan fingerprint density at radius 1 is 1.47 bits per heavy atom. The van der Waals surface area contributed by atoms with E-state index >= 15 is 0 Å². The Kier molecular flexibility index (Phi) is 2.71. The highest BCUT2D eigenvalue weighted by Gasteiger charge is 2.26. The first-order valence-corrected chi connectivity index (χ1v) is 6.86. The van der Waals surface area contributed by atoms with E-state index in [1.807, 2.05) is 11.8 Å². The van der Waals surface area contributed by atoms with Gasteiger partial charge in [-0.3, -0.25) is 0 Å². The van der Waals surface area contributed by atoms with Crippen LogP contribution in [0.15, 0.2) is 4.52 Å². The Balaban J connectivity index is 1.87. The van der Waals surface area contributed by atoms with Gasteiger partial charge in [0.05, 0.1) is 0 Å². The van der Waals surface area contributed by atoms with E-state index in [0.717, 1.165) is 25.2 Å². The van der Waals surface area contributed by atoms with Crippen molar-refractivity contribution in [2.45, 2.75) is 31.7 Å². The topological polar surface area (TPSA) is 38.1 Å². The number of thioether (sulfide) groups is 1. The molecule has 1 N–H and O–H groups in total. The van der Waals surface area contributed by atoms with Crippen LogP contribution in [-0.4, -0.2) is 23.2 Å². The van der Waals surface area contributed by atoms with Crippen molar-refractivity contribution in [3.05, 3.63) is 17.0 Å². The van der Waals surface area contributed by atoms with Crippen molar-refractivity contribution in [2.24, 2.45) is 0 Å². The molecule has 0 amide bonds. The lowest BCUT2D eigenvalue weighted by Crippen LogP contribution is -2.24. The van der Waals surface area contributed by atoms with Crippen LogP contribution in [0.1, 0.15) is 35.8 Å². The van der Waals surface area contributed by atoms with E-state index in [0.29, 0.717) is 5.92 Å². The molecule has 1 aromatic heterocycles. The molecule has 4 heteroatoms. The van der Waals surface area contributed by atoms with E-state index in [2.05, 4.69) is 10.5 Å². The average molecular weight is 224 g/mol. The van der Waals surface area contributed by atoms with Crippen LogP contribution in [-0.2, 0) is 13.0 Å². The summed E-state index contributed by atoms with van der Waals surface area (Å²) >= 11 is 2.05. The minimum atomic E-state index is 0.623. The predicted molar refractivity (Wildman–Crippen MR) is 61.2 cm³/mol. The van der Waals surface area contributed by atoms with Gasteiger partial charge in [0.1, 0.15) is 11.5 Å². The zero-order valence-electron chi connectivity index (χ0n) is 8.79. The molecule has 0 aliphatic carbocycles. The summed E-state index contributed by atoms with van der Waals surface area (Å²) < 4.78 is 5.55. The summed E-state index contributed by atoms with van der Waals surface area (Å²) in [5.74, 6) is 4.35. The lowest BCUT2D eigenvalue weighted by Gasteiger charge is -2.20. The first kappa shape index (κ1) is 9.73. The van der Waals surface area contributed by atoms with Crippen LogP contribution >= 0.6 is 11.8 Å². The second kappa shape index (κ2) is 4.18. The van der Waals surface area contributed by atoms with E-state index in [-0.39, 0.29) is 0 Å². The van der Waals surface area contributed by atoms with Crippen molar-refractivity contribution in [2.75, 3.05) is 18.1 Å². The van der Waals surface area contributed by atoms with E-state index in [1.54, 1.807) is 0 Å². The number of rotatable bonds is 1. The van der Waals surface area contributed by atoms with Crippen LogP contribution in [0.2, 0.25) is 0 Å². The summed E-state index contributed by atoms with van der Waals surface area (Å²) in [6, 6.07) is 0. The maximum Gasteiger partial charge on any atom is 0.144 e. The maximum atomic E-state index is 5.55. The summed E-state index contributed by atoms with van der Waals surface area (Å²) in [5.41, 5.74) is 2.55. The molecule has 0 radical (unpaired) electrons. The van der Waals surface area contributed by atoms with Gasteiger partial charge in [-0.15, -0.1) is 0 Å². The minimum absolute atomic E-state index is 0.623. The quantitative estimate of drug-likeness (QED) is 0.791. The zero-order valence-corrected chi connectivity index (χ0v) is 9.61. The van der Waals surface area contributed by atoms with Crippen LogP contribution in [0.3, 0.4) is 0 Å². The summed E-state index contributed by atoms with van der Waals surface area (Å²) in [7, 11) is 0. The lowest BCUT2D eigenvalue weighted by atomic mass is 9.95. The monoisotopic (exact) mass is 224 g/mol. The third-order valence-corrected chi connectivity index (χ3v) is 4.49. The molecule has 3 rings (SSSR count). The van der Waals surface area contributed by atoms with Crippen molar-refractivity contribution in [3.8, 4) is 0 Å². The molecule has 3 nitrogen and oxygen atoms in total. The number of fused-ring (bicyclic) bond motifs is 1. The third-order valence-electron chi connectivity index (χ3n) is 3.28. The van der Waals surface area contributed by atoms with Gasteiger partial charge in [0.15, 0.2) is 0 Å². The molecule has 1 aromatic rings. The average Bonchev–Trinajstić information content (AvgIpc) is 2.74. The molecule has 1 fully saturated rings. The standard InChI is InChI=1S/C11H16N2OS/c1-2-8(7-15-5-1)11-9-3-4-12-6-10(9)13-14-11/h8,12H,1-7H2. The largest absolute Gasteiger partial charge is 0.360 e. The number of nitrogens with one attached hydrogen (secondary N) is 1. The van der Waals surface area contributed by atoms with E-state index in [4.69, 9.17) is 4.52 Å². The lowest BCUT2D eigenvalue weighted by molar-refractivity contribution is 0.354. The van der Waals surface area contributed by atoms with Gasteiger partial charge in [0, 0.05) is 23.8 Å². The SMILES string of the molecule is C1CSCC(c2onc3c2CCNC3)C1. The molecule has 82 valence electrons. The van der Waals surface area contributed by atoms with Crippen LogP contribution < -0.4 is 5.32 Å². The summed E-state index contributed by atoms with van der Waals surface area (Å²) in [5, 5.41) is 7.51. The summed E-state index contributed by atoms with van der Waals surface area (Å²) in [6.45, 7) is 1.96. The van der Waals surface area contributed by atoms with Crippen LogP contribution in [0.5, 0.6) is 0 Å². The molecule has 2 aliphatic heterocycles. The molecule has 1 atom stereocenters. The molecule has 0 bridgehead atoms. The molecule has 0 spiro atoms. The molecule has 2 aliphatic rings. The summed E-state index contributed by atoms with van der Waals surface area (Å²) in [4.78, 5) is 0. The van der Waals surface area contributed by atoms with Crippen molar-refractivity contribution < 1.29 is 4.52 Å². The van der Waals surface area contributed by atoms with Crippen LogP contribution in [0.25, 0.3) is 0 Å². The Morgan fingerprint density at radius 2 is 2.47 bits per heavy atom. The Bertz CT molecular complexity index is 344. The number of nitrogens with zero attached hydrogens (tertiary/aromatic N) is 1. The predicted octanol–water partition coefficient (Wildman–Crippen LogP) is 1.93. The van der Waals surface area contributed by atoms with Gasteiger partial charge in [-0.1, -0.05) is 5.16 Å². The van der Waals surface area contributed by atoms with Crippen LogP contribution in [0, 0.1) is 0 Å². The maximum absolute atomic E-state index is 5.55. The van der Waals surface area contributed by atoms with E-state index < -0.39 is 0 Å². The second-order valence-corrected chi connectivity index (χ2v) is 5.46. The Morgan fingerprint density at radius 3 is 3.33 bits per heavy atom. The molecule has 1 unspecified atom stereocenters. The van der Waals surface area contributed by atoms with Gasteiger partial charge in [0.2, 0.25) is 0 Å². The first-order valence-electron chi connectivity index (χ1n) is 5.71. The highest BCUT2D eigenvalue weighted by molar-refractivity contribution is 7.99. The molecular weight excluding hydrogens is 208 g/mol. The first-order chi connectivity index (χ1) is 7.45. The highest BCUT2D eigenvalue weighted by Crippen LogP contribution is 2.34. The van der Waals surface area contributed by atoms with Gasteiger partial charge in [-0.25, -0.2) is 0 Å². The Hall–Kier alpha value is -0.480. The zero-order chi connectivity index (χ0) is 10.1. The van der Waals surface area contributed by atoms with Gasteiger partial charge < -0.3 is 9.84 Å². The van der Waals surface area contributed by atoms with Gasteiger partial charge in [0.25, 0.3) is 0 Å². The molecular formula is C11H16N2OS. The van der Waals surface area contributed by atoms with Crippen molar-refractivity contribution in [1.82, 2.24) is 10.5 Å². The second-order valence-electron chi connectivity index (χ2n) is 4.31. The van der Waals surface area contributed by atoms with Gasteiger partial charge in [-0.2, -0.15) is 11.8 Å². The van der Waals surface area contributed by atoms with E-state index in [1.165, 1.54) is 35.7 Å². The van der Waals surface area contributed by atoms with Crippen molar-refractivity contribution in [1.29, 1.82) is 0 Å². The number of hydrogen-bond donors (Lipinski definition) is 1. The molecule has 1 saturated heterocycles. The molecule has 15 heavy (non-hydrogen) atoms. The fourth-order valence-electron chi connectivity index (χ4n) is 2.45. The third kappa shape index (κ3) is 1.81. The smallest absolute Gasteiger partial charge is 0.144 e. The van der Waals surface area contributed by atoms with Gasteiger partial charge in [-0.05, 0) is 31.6 Å². The molecule has 3 heterocycles. The van der Waals surface area contributed by atoms with Crippen LogP contribution in [0.4, 0.5) is 0 Å². The highest BCUT2D eigenvalue weighted by atomic mass is 32.2. The van der Waals surface area contributed by atoms with Crippen molar-refractivity contribution in [3.63, 3.8) is 0 Å². The molecule has 0 aromatic carbocycles. The number of hydrogen-bond acceptors (Lipinski definition) is 4. The molecule has 0 saturated carbocycles. The van der Waals surface area contributed by atoms with Gasteiger partial charge >= 0.3 is 0 Å². The fourth-order valence-corrected chi connectivity index (χ4v) is 3.59. The minimum Gasteiger partial charge on any atom is -0.360 e. The normalized spacial score (nSPS) is 26.3. The number of aromatic nitrogens is 1. The van der Waals surface area contributed by atoms with E-state index in [9.17, 15) is 0 Å².